The van der Waals surface area contributed by atoms with Crippen LogP contribution < -0.4 is 21.5 Å². The second-order valence-corrected chi connectivity index (χ2v) is 6.01. The Hall–Kier alpha value is -3.88. The molecular weight excluding hydrogens is 362 g/mol. The van der Waals surface area contributed by atoms with E-state index in [9.17, 15) is 9.59 Å². The standard InChI is InChI=1S/C19H21N5O4/c20-17(21)11-4-6-12(7-5-11)19(27)24-14(9-16(25)26)10-28-15-3-1-2-13(8-15)18(22)23/h1-8,14H,9-10H2,(H3,20,21)(H3,22,23)(H,24,27)(H,25,26)/t14-/m1/s1. The number of nitrogen functional groups attached to an aromatic ring is 2. The maximum Gasteiger partial charge on any atom is 0.305 e. The zero-order valence-electron chi connectivity index (χ0n) is 14.9. The van der Waals surface area contributed by atoms with Crippen LogP contribution in [0.2, 0.25) is 0 Å². The third-order valence-corrected chi connectivity index (χ3v) is 3.81. The van der Waals surface area contributed by atoms with Gasteiger partial charge in [-0.05, 0) is 24.3 Å². The summed E-state index contributed by atoms with van der Waals surface area (Å²) in [5, 5.41) is 26.5. The Labute approximate surface area is 161 Å². The number of nitrogens with two attached hydrogens (primary N) is 2. The molecule has 0 bridgehead atoms. The molecule has 0 radical (unpaired) electrons. The Balaban J connectivity index is 2.05. The van der Waals surface area contributed by atoms with Crippen LogP contribution in [-0.2, 0) is 4.79 Å². The third kappa shape index (κ3) is 5.84. The molecule has 0 heterocycles. The fraction of sp³-hybridized carbons (Fsp3) is 0.158. The number of carbonyl (C=O) groups is 2. The van der Waals surface area contributed by atoms with Crippen molar-refractivity contribution in [2.24, 2.45) is 11.5 Å². The topological polar surface area (TPSA) is 175 Å². The van der Waals surface area contributed by atoms with E-state index >= 15 is 0 Å². The van der Waals surface area contributed by atoms with Crippen LogP contribution in [0.3, 0.4) is 0 Å². The summed E-state index contributed by atoms with van der Waals surface area (Å²) in [6, 6.07) is 11.8. The first-order chi connectivity index (χ1) is 13.3. The van der Waals surface area contributed by atoms with Crippen LogP contribution in [-0.4, -0.2) is 41.3 Å². The summed E-state index contributed by atoms with van der Waals surface area (Å²) in [5.41, 5.74) is 12.1. The van der Waals surface area contributed by atoms with Crippen molar-refractivity contribution >= 4 is 23.5 Å². The van der Waals surface area contributed by atoms with Gasteiger partial charge in [0, 0.05) is 16.7 Å². The van der Waals surface area contributed by atoms with E-state index in [-0.39, 0.29) is 24.7 Å². The molecule has 1 amide bonds. The molecule has 1 atom stereocenters. The molecule has 0 aliphatic rings. The summed E-state index contributed by atoms with van der Waals surface area (Å²) in [7, 11) is 0. The summed E-state index contributed by atoms with van der Waals surface area (Å²) in [4.78, 5) is 23.5. The molecule has 0 unspecified atom stereocenters. The number of nitrogens with one attached hydrogen (secondary N) is 3. The van der Waals surface area contributed by atoms with Crippen molar-refractivity contribution in [2.75, 3.05) is 6.61 Å². The van der Waals surface area contributed by atoms with Crippen LogP contribution in [0.15, 0.2) is 48.5 Å². The highest BCUT2D eigenvalue weighted by Crippen LogP contribution is 2.14. The van der Waals surface area contributed by atoms with Gasteiger partial charge in [-0.15, -0.1) is 0 Å². The summed E-state index contributed by atoms with van der Waals surface area (Å²) in [6.45, 7) is -0.0784. The molecule has 9 nitrogen and oxygen atoms in total. The summed E-state index contributed by atoms with van der Waals surface area (Å²) < 4.78 is 5.57. The molecule has 0 spiro atoms. The quantitative estimate of drug-likeness (QED) is 0.277. The van der Waals surface area contributed by atoms with Gasteiger partial charge < -0.3 is 26.6 Å². The minimum Gasteiger partial charge on any atom is -0.491 e. The Morgan fingerprint density at radius 3 is 2.18 bits per heavy atom. The van der Waals surface area contributed by atoms with Crippen molar-refractivity contribution in [3.63, 3.8) is 0 Å². The van der Waals surface area contributed by atoms with Gasteiger partial charge in [0.25, 0.3) is 5.91 Å². The number of carbonyl (C=O) groups excluding carboxylic acids is 1. The Bertz CT molecular complexity index is 895. The maximum atomic E-state index is 12.4. The summed E-state index contributed by atoms with van der Waals surface area (Å²) >= 11 is 0. The van der Waals surface area contributed by atoms with Gasteiger partial charge in [0.05, 0.1) is 12.5 Å². The van der Waals surface area contributed by atoms with Crippen LogP contribution in [0.4, 0.5) is 0 Å². The molecule has 0 saturated heterocycles. The van der Waals surface area contributed by atoms with E-state index in [1.807, 2.05) is 0 Å². The van der Waals surface area contributed by atoms with Crippen LogP contribution in [0, 0.1) is 10.8 Å². The molecule has 2 rings (SSSR count). The minimum absolute atomic E-state index is 0.0784. The number of hydrogen-bond donors (Lipinski definition) is 6. The van der Waals surface area contributed by atoms with E-state index in [1.54, 1.807) is 24.3 Å². The van der Waals surface area contributed by atoms with Gasteiger partial charge >= 0.3 is 5.97 Å². The summed E-state index contributed by atoms with van der Waals surface area (Å²) in [5.74, 6) is -1.38. The predicted molar refractivity (Wildman–Crippen MR) is 104 cm³/mol. The van der Waals surface area contributed by atoms with Gasteiger partial charge in [-0.2, -0.15) is 0 Å². The molecule has 8 N–H and O–H groups in total. The lowest BCUT2D eigenvalue weighted by Crippen LogP contribution is -2.40. The van der Waals surface area contributed by atoms with Crippen LogP contribution in [0.25, 0.3) is 0 Å². The molecule has 0 aliphatic carbocycles. The Morgan fingerprint density at radius 1 is 1.00 bits per heavy atom. The zero-order valence-corrected chi connectivity index (χ0v) is 14.9. The number of carboxylic acid groups (broad SMARTS) is 1. The van der Waals surface area contributed by atoms with Gasteiger partial charge in [0.2, 0.25) is 0 Å². The van der Waals surface area contributed by atoms with E-state index < -0.39 is 17.9 Å². The number of hydrogen-bond acceptors (Lipinski definition) is 5. The number of carboxylic acids is 1. The van der Waals surface area contributed by atoms with Gasteiger partial charge in [0.15, 0.2) is 0 Å². The second-order valence-electron chi connectivity index (χ2n) is 6.01. The van der Waals surface area contributed by atoms with Gasteiger partial charge in [-0.25, -0.2) is 0 Å². The van der Waals surface area contributed by atoms with E-state index in [0.717, 1.165) is 0 Å². The zero-order chi connectivity index (χ0) is 20.7. The lowest BCUT2D eigenvalue weighted by Gasteiger charge is -2.18. The van der Waals surface area contributed by atoms with Crippen LogP contribution in [0.1, 0.15) is 27.9 Å². The smallest absolute Gasteiger partial charge is 0.305 e. The number of amidine groups is 2. The first-order valence-electron chi connectivity index (χ1n) is 8.30. The van der Waals surface area contributed by atoms with E-state index in [2.05, 4.69) is 5.32 Å². The number of ether oxygens (including phenoxy) is 1. The average Bonchev–Trinajstić information content (AvgIpc) is 2.66. The molecular formula is C19H21N5O4. The van der Waals surface area contributed by atoms with Crippen molar-refractivity contribution in [3.8, 4) is 5.75 Å². The van der Waals surface area contributed by atoms with E-state index in [0.29, 0.717) is 22.4 Å². The highest BCUT2D eigenvalue weighted by Gasteiger charge is 2.18. The fourth-order valence-corrected chi connectivity index (χ4v) is 2.38. The number of rotatable bonds is 9. The molecule has 2 aromatic rings. The molecule has 0 aliphatic heterocycles. The normalized spacial score (nSPS) is 11.3. The van der Waals surface area contributed by atoms with Crippen molar-refractivity contribution in [2.45, 2.75) is 12.5 Å². The lowest BCUT2D eigenvalue weighted by molar-refractivity contribution is -0.137. The minimum atomic E-state index is -1.08. The molecule has 9 heteroatoms. The number of aliphatic carboxylic acids is 1. The first kappa shape index (κ1) is 20.4. The monoisotopic (exact) mass is 383 g/mol. The third-order valence-electron chi connectivity index (χ3n) is 3.81. The number of amides is 1. The van der Waals surface area contributed by atoms with Crippen molar-refractivity contribution in [3.05, 3.63) is 65.2 Å². The SMILES string of the molecule is N=C(N)c1ccc(C(=O)N[C@@H](COc2cccc(C(=N)N)c2)CC(=O)O)cc1. The highest BCUT2D eigenvalue weighted by atomic mass is 16.5. The first-order valence-corrected chi connectivity index (χ1v) is 8.30. The average molecular weight is 383 g/mol. The van der Waals surface area contributed by atoms with E-state index in [4.69, 9.17) is 32.1 Å². The van der Waals surface area contributed by atoms with Crippen LogP contribution in [0.5, 0.6) is 5.75 Å². The van der Waals surface area contributed by atoms with Gasteiger partial charge in [-0.1, -0.05) is 24.3 Å². The van der Waals surface area contributed by atoms with Crippen molar-refractivity contribution in [1.29, 1.82) is 10.8 Å². The van der Waals surface area contributed by atoms with Crippen molar-refractivity contribution < 1.29 is 19.4 Å². The van der Waals surface area contributed by atoms with Crippen molar-refractivity contribution in [1.82, 2.24) is 5.32 Å². The Morgan fingerprint density at radius 2 is 1.61 bits per heavy atom. The maximum absolute atomic E-state index is 12.4. The summed E-state index contributed by atoms with van der Waals surface area (Å²) in [6.07, 6.45) is -0.330. The van der Waals surface area contributed by atoms with Crippen LogP contribution >= 0.6 is 0 Å². The Kier molecular flexibility index (Phi) is 6.69. The largest absolute Gasteiger partial charge is 0.491 e. The molecule has 0 fully saturated rings. The lowest BCUT2D eigenvalue weighted by atomic mass is 10.1. The number of benzene rings is 2. The molecule has 2 aromatic carbocycles. The van der Waals surface area contributed by atoms with E-state index in [1.165, 1.54) is 24.3 Å². The molecule has 28 heavy (non-hydrogen) atoms. The van der Waals surface area contributed by atoms with Gasteiger partial charge in [-0.3, -0.25) is 20.4 Å². The molecule has 0 aromatic heterocycles. The second kappa shape index (κ2) is 9.17. The fourth-order valence-electron chi connectivity index (χ4n) is 2.38. The predicted octanol–water partition coefficient (Wildman–Crippen LogP) is 0.907. The highest BCUT2D eigenvalue weighted by molar-refractivity contribution is 5.98. The molecule has 0 saturated carbocycles. The van der Waals surface area contributed by atoms with Gasteiger partial charge in [0.1, 0.15) is 24.0 Å². The molecule has 146 valence electrons.